The minimum absolute atomic E-state index is 0.0989. The molecule has 0 N–H and O–H groups in total. The van der Waals surface area contributed by atoms with Crippen molar-refractivity contribution < 1.29 is 14.4 Å². The van der Waals surface area contributed by atoms with Crippen LogP contribution in [0.25, 0.3) is 0 Å². The van der Waals surface area contributed by atoms with E-state index in [-0.39, 0.29) is 43.1 Å². The van der Waals surface area contributed by atoms with Crippen LogP contribution in [-0.4, -0.2) is 40.1 Å². The van der Waals surface area contributed by atoms with Crippen LogP contribution in [0.5, 0.6) is 0 Å². The Morgan fingerprint density at radius 2 is 2.00 bits per heavy atom. The maximum absolute atomic E-state index is 12.4. The second kappa shape index (κ2) is 5.36. The molecule has 0 atom stereocenters. The van der Waals surface area contributed by atoms with Gasteiger partial charge in [-0.25, -0.2) is 0 Å². The third-order valence-electron chi connectivity index (χ3n) is 3.69. The zero-order chi connectivity index (χ0) is 14.1. The highest BCUT2D eigenvalue weighted by atomic mass is 32.1. The number of imide groups is 1. The zero-order valence-corrected chi connectivity index (χ0v) is 11.9. The van der Waals surface area contributed by atoms with Crippen LogP contribution in [0.15, 0.2) is 16.8 Å². The minimum Gasteiger partial charge on any atom is -0.334 e. The normalized spacial score (nSPS) is 18.7. The summed E-state index contributed by atoms with van der Waals surface area (Å²) < 4.78 is 0. The standard InChI is InChI=1S/C14H16N2O3S/c17-12-3-4-13(18)16(12)8-14(19)15(11-1-2-11)7-10-5-6-20-9-10/h5-6,9,11H,1-4,7-8H2. The van der Waals surface area contributed by atoms with Gasteiger partial charge in [0.2, 0.25) is 17.7 Å². The monoisotopic (exact) mass is 292 g/mol. The van der Waals surface area contributed by atoms with Crippen molar-refractivity contribution in [2.45, 2.75) is 38.3 Å². The van der Waals surface area contributed by atoms with Crippen molar-refractivity contribution in [2.75, 3.05) is 6.54 Å². The first kappa shape index (κ1) is 13.3. The molecular formula is C14H16N2O3S. The van der Waals surface area contributed by atoms with Crippen molar-refractivity contribution in [2.24, 2.45) is 0 Å². The Hall–Kier alpha value is -1.69. The van der Waals surface area contributed by atoms with Crippen molar-refractivity contribution in [1.29, 1.82) is 0 Å². The highest BCUT2D eigenvalue weighted by Crippen LogP contribution is 2.29. The van der Waals surface area contributed by atoms with Crippen LogP contribution in [0, 0.1) is 0 Å². The summed E-state index contributed by atoms with van der Waals surface area (Å²) in [5.41, 5.74) is 1.11. The molecule has 2 heterocycles. The number of carbonyl (C=O) groups is 3. The van der Waals surface area contributed by atoms with Crippen LogP contribution >= 0.6 is 11.3 Å². The number of hydrogen-bond acceptors (Lipinski definition) is 4. The van der Waals surface area contributed by atoms with Crippen molar-refractivity contribution >= 4 is 29.1 Å². The number of amides is 3. The van der Waals surface area contributed by atoms with Crippen LogP contribution in [-0.2, 0) is 20.9 Å². The van der Waals surface area contributed by atoms with Crippen LogP contribution in [0.2, 0.25) is 0 Å². The summed E-state index contributed by atoms with van der Waals surface area (Å²) in [5.74, 6) is -0.577. The van der Waals surface area contributed by atoms with Gasteiger partial charge in [0, 0.05) is 25.4 Å². The van der Waals surface area contributed by atoms with E-state index >= 15 is 0 Å². The smallest absolute Gasteiger partial charge is 0.243 e. The highest BCUT2D eigenvalue weighted by molar-refractivity contribution is 7.07. The fourth-order valence-corrected chi connectivity index (χ4v) is 3.07. The van der Waals surface area contributed by atoms with Crippen molar-refractivity contribution in [3.8, 4) is 0 Å². The third-order valence-corrected chi connectivity index (χ3v) is 4.42. The number of nitrogens with zero attached hydrogens (tertiary/aromatic N) is 2. The molecule has 0 aromatic carbocycles. The molecule has 106 valence electrons. The topological polar surface area (TPSA) is 57.7 Å². The second-order valence-electron chi connectivity index (χ2n) is 5.26. The Kier molecular flexibility index (Phi) is 3.56. The molecule has 1 saturated carbocycles. The van der Waals surface area contributed by atoms with E-state index < -0.39 is 0 Å². The molecule has 1 aliphatic heterocycles. The Bertz CT molecular complexity index is 521. The molecule has 3 rings (SSSR count). The van der Waals surface area contributed by atoms with E-state index in [0.717, 1.165) is 23.3 Å². The average Bonchev–Trinajstić information content (AvgIpc) is 3.06. The Balaban J connectivity index is 1.66. The second-order valence-corrected chi connectivity index (χ2v) is 6.04. The van der Waals surface area contributed by atoms with Crippen LogP contribution in [0.1, 0.15) is 31.2 Å². The lowest BCUT2D eigenvalue weighted by atomic mass is 10.3. The largest absolute Gasteiger partial charge is 0.334 e. The van der Waals surface area contributed by atoms with Crippen molar-refractivity contribution in [1.82, 2.24) is 9.80 Å². The molecule has 0 unspecified atom stereocenters. The van der Waals surface area contributed by atoms with Crippen molar-refractivity contribution in [3.05, 3.63) is 22.4 Å². The summed E-state index contributed by atoms with van der Waals surface area (Å²) >= 11 is 1.60. The SMILES string of the molecule is O=C1CCC(=O)N1CC(=O)N(Cc1ccsc1)C1CC1. The Labute approximate surface area is 121 Å². The number of likely N-dealkylation sites (tertiary alicyclic amines) is 1. The molecule has 3 amide bonds. The molecule has 1 saturated heterocycles. The van der Waals surface area contributed by atoms with Gasteiger partial charge < -0.3 is 4.90 Å². The number of thiophene rings is 1. The lowest BCUT2D eigenvalue weighted by Gasteiger charge is -2.24. The fourth-order valence-electron chi connectivity index (χ4n) is 2.41. The molecule has 5 nitrogen and oxygen atoms in total. The van der Waals surface area contributed by atoms with Gasteiger partial charge >= 0.3 is 0 Å². The molecule has 2 fully saturated rings. The predicted molar refractivity (Wildman–Crippen MR) is 73.8 cm³/mol. The molecule has 0 spiro atoms. The molecule has 0 bridgehead atoms. The van der Waals surface area contributed by atoms with Gasteiger partial charge in [0.25, 0.3) is 0 Å². The Morgan fingerprint density at radius 3 is 2.55 bits per heavy atom. The first-order valence-corrected chi connectivity index (χ1v) is 7.73. The van der Waals surface area contributed by atoms with Crippen LogP contribution in [0.3, 0.4) is 0 Å². The van der Waals surface area contributed by atoms with E-state index in [1.165, 1.54) is 0 Å². The summed E-state index contributed by atoms with van der Waals surface area (Å²) in [5, 5.41) is 4.01. The van der Waals surface area contributed by atoms with Gasteiger partial charge in [-0.2, -0.15) is 11.3 Å². The quantitative estimate of drug-likeness (QED) is 0.771. The fraction of sp³-hybridized carbons (Fsp3) is 0.500. The molecular weight excluding hydrogens is 276 g/mol. The maximum Gasteiger partial charge on any atom is 0.243 e. The first-order valence-electron chi connectivity index (χ1n) is 6.79. The van der Waals surface area contributed by atoms with E-state index in [1.807, 2.05) is 16.8 Å². The summed E-state index contributed by atoms with van der Waals surface area (Å²) in [6, 6.07) is 2.27. The van der Waals surface area contributed by atoms with Gasteiger partial charge in [0.05, 0.1) is 0 Å². The number of hydrogen-bond donors (Lipinski definition) is 0. The summed E-state index contributed by atoms with van der Waals surface area (Å²) in [7, 11) is 0. The highest BCUT2D eigenvalue weighted by Gasteiger charge is 2.36. The van der Waals surface area contributed by atoms with E-state index in [0.29, 0.717) is 6.54 Å². The predicted octanol–water partition coefficient (Wildman–Crippen LogP) is 1.39. The summed E-state index contributed by atoms with van der Waals surface area (Å²) in [6.07, 6.45) is 2.50. The van der Waals surface area contributed by atoms with Crippen LogP contribution in [0.4, 0.5) is 0 Å². The number of rotatable bonds is 5. The zero-order valence-electron chi connectivity index (χ0n) is 11.1. The molecule has 20 heavy (non-hydrogen) atoms. The average molecular weight is 292 g/mol. The molecule has 6 heteroatoms. The summed E-state index contributed by atoms with van der Waals surface area (Å²) in [6.45, 7) is 0.474. The van der Waals surface area contributed by atoms with Gasteiger partial charge in [0.1, 0.15) is 6.54 Å². The van der Waals surface area contributed by atoms with Gasteiger partial charge in [-0.3, -0.25) is 19.3 Å². The van der Waals surface area contributed by atoms with Gasteiger partial charge in [-0.15, -0.1) is 0 Å². The minimum atomic E-state index is -0.227. The lowest BCUT2D eigenvalue weighted by molar-refractivity contribution is -0.146. The summed E-state index contributed by atoms with van der Waals surface area (Å²) in [4.78, 5) is 38.5. The van der Waals surface area contributed by atoms with Crippen molar-refractivity contribution in [3.63, 3.8) is 0 Å². The molecule has 1 aromatic rings. The molecule has 1 aliphatic carbocycles. The van der Waals surface area contributed by atoms with Gasteiger partial charge in [-0.05, 0) is 35.2 Å². The van der Waals surface area contributed by atoms with Gasteiger partial charge in [0.15, 0.2) is 0 Å². The molecule has 1 aromatic heterocycles. The van der Waals surface area contributed by atoms with E-state index in [4.69, 9.17) is 0 Å². The van der Waals surface area contributed by atoms with Gasteiger partial charge in [-0.1, -0.05) is 0 Å². The lowest BCUT2D eigenvalue weighted by Crippen LogP contribution is -2.43. The first-order chi connectivity index (χ1) is 9.65. The van der Waals surface area contributed by atoms with Crippen LogP contribution < -0.4 is 0 Å². The molecule has 0 radical (unpaired) electrons. The third kappa shape index (κ3) is 2.75. The maximum atomic E-state index is 12.4. The van der Waals surface area contributed by atoms with E-state index in [1.54, 1.807) is 16.2 Å². The Morgan fingerprint density at radius 1 is 1.30 bits per heavy atom. The number of carbonyl (C=O) groups excluding carboxylic acids is 3. The van der Waals surface area contributed by atoms with E-state index in [9.17, 15) is 14.4 Å². The van der Waals surface area contributed by atoms with E-state index in [2.05, 4.69) is 0 Å². The molecule has 2 aliphatic rings.